The first-order valence-electron chi connectivity index (χ1n) is 1.24. The summed E-state index contributed by atoms with van der Waals surface area (Å²) >= 11 is 3.48. The number of allylic oxidation sites excluding steroid dienone is 1. The maximum absolute atomic E-state index is 11.2. The molecule has 0 saturated carbocycles. The molecule has 0 spiro atoms. The van der Waals surface area contributed by atoms with Crippen molar-refractivity contribution in [3.05, 3.63) is 11.2 Å². The SMILES string of the molecule is C/C(F)=C\S. The molecule has 0 aromatic carbocycles. The first kappa shape index (κ1) is 5.02. The van der Waals surface area contributed by atoms with E-state index in [-0.39, 0.29) is 5.83 Å². The van der Waals surface area contributed by atoms with Crippen LogP contribution in [0.2, 0.25) is 0 Å². The summed E-state index contributed by atoms with van der Waals surface area (Å²) < 4.78 is 11.2. The van der Waals surface area contributed by atoms with Crippen LogP contribution in [0.25, 0.3) is 0 Å². The first-order chi connectivity index (χ1) is 2.27. The highest BCUT2D eigenvalue weighted by Gasteiger charge is 1.67. The minimum atomic E-state index is -0.256. The van der Waals surface area contributed by atoms with Gasteiger partial charge in [-0.25, -0.2) is 4.39 Å². The Morgan fingerprint density at radius 2 is 2.20 bits per heavy atom. The molecule has 0 aliphatic heterocycles. The molecule has 30 valence electrons. The zero-order valence-corrected chi connectivity index (χ0v) is 3.80. The van der Waals surface area contributed by atoms with Crippen molar-refractivity contribution in [3.63, 3.8) is 0 Å². The Hall–Kier alpha value is 0.0200. The van der Waals surface area contributed by atoms with Gasteiger partial charge in [0.1, 0.15) is 5.83 Å². The van der Waals surface area contributed by atoms with Gasteiger partial charge in [0.25, 0.3) is 0 Å². The third kappa shape index (κ3) is 4.02. The summed E-state index contributed by atoms with van der Waals surface area (Å²) in [4.78, 5) is 0. The lowest BCUT2D eigenvalue weighted by molar-refractivity contribution is 0.643. The van der Waals surface area contributed by atoms with E-state index in [1.165, 1.54) is 6.92 Å². The number of hydrogen-bond acceptors (Lipinski definition) is 1. The van der Waals surface area contributed by atoms with Crippen molar-refractivity contribution in [2.75, 3.05) is 0 Å². The molecule has 0 radical (unpaired) electrons. The second-order valence-electron chi connectivity index (χ2n) is 0.716. The summed E-state index contributed by atoms with van der Waals surface area (Å²) in [7, 11) is 0. The molecule has 5 heavy (non-hydrogen) atoms. The summed E-state index contributed by atoms with van der Waals surface area (Å²) in [6, 6.07) is 0. The molecule has 2 heteroatoms. The third-order valence-corrected chi connectivity index (χ3v) is 0.534. The van der Waals surface area contributed by atoms with Crippen LogP contribution in [-0.2, 0) is 0 Å². The summed E-state index contributed by atoms with van der Waals surface area (Å²) in [5, 5.41) is 1.11. The van der Waals surface area contributed by atoms with Crippen molar-refractivity contribution in [3.8, 4) is 0 Å². The smallest absolute Gasteiger partial charge is 0.103 e. The molecule has 0 aliphatic carbocycles. The van der Waals surface area contributed by atoms with Gasteiger partial charge in [0.2, 0.25) is 0 Å². The Bertz CT molecular complexity index is 44.9. The number of hydrogen-bond donors (Lipinski definition) is 1. The molecule has 0 nitrogen and oxygen atoms in total. The fourth-order valence-corrected chi connectivity index (χ4v) is 0. The van der Waals surface area contributed by atoms with Gasteiger partial charge in [0.15, 0.2) is 0 Å². The van der Waals surface area contributed by atoms with E-state index < -0.39 is 0 Å². The lowest BCUT2D eigenvalue weighted by Crippen LogP contribution is -1.45. The van der Waals surface area contributed by atoms with E-state index in [4.69, 9.17) is 0 Å². The maximum Gasteiger partial charge on any atom is 0.103 e. The van der Waals surface area contributed by atoms with Crippen molar-refractivity contribution >= 4 is 12.6 Å². The van der Waals surface area contributed by atoms with Crippen LogP contribution in [0, 0.1) is 0 Å². The number of halogens is 1. The number of thiol groups is 1. The van der Waals surface area contributed by atoms with E-state index in [1.807, 2.05) is 0 Å². The summed E-state index contributed by atoms with van der Waals surface area (Å²) in [5.74, 6) is -0.256. The molecule has 0 rings (SSSR count). The third-order valence-electron chi connectivity index (χ3n) is 0.178. The lowest BCUT2D eigenvalue weighted by atomic mass is 10.7. The van der Waals surface area contributed by atoms with Gasteiger partial charge < -0.3 is 0 Å². The predicted molar refractivity (Wildman–Crippen MR) is 23.9 cm³/mol. The molecule has 0 aromatic heterocycles. The van der Waals surface area contributed by atoms with Crippen molar-refractivity contribution in [1.82, 2.24) is 0 Å². The van der Waals surface area contributed by atoms with Crippen molar-refractivity contribution in [2.45, 2.75) is 6.92 Å². The summed E-state index contributed by atoms with van der Waals surface area (Å²) in [6.45, 7) is 1.34. The number of rotatable bonds is 0. The van der Waals surface area contributed by atoms with E-state index in [9.17, 15) is 4.39 Å². The summed E-state index contributed by atoms with van der Waals surface area (Å²) in [5.41, 5.74) is 0. The average molecular weight is 92.1 g/mol. The molecular weight excluding hydrogens is 87.1 g/mol. The molecular formula is C3H5FS. The van der Waals surface area contributed by atoms with E-state index in [1.54, 1.807) is 0 Å². The maximum atomic E-state index is 11.2. The Balaban J connectivity index is 3.14. The Morgan fingerprint density at radius 1 is 2.00 bits per heavy atom. The fraction of sp³-hybridized carbons (Fsp3) is 0.333. The highest BCUT2D eigenvalue weighted by Crippen LogP contribution is 1.91. The van der Waals surface area contributed by atoms with Gasteiger partial charge in [0.05, 0.1) is 0 Å². The quantitative estimate of drug-likeness (QED) is 0.432. The Labute approximate surface area is 36.1 Å². The van der Waals surface area contributed by atoms with E-state index >= 15 is 0 Å². The Morgan fingerprint density at radius 3 is 2.20 bits per heavy atom. The first-order valence-corrected chi connectivity index (χ1v) is 1.75. The molecule has 0 amide bonds. The van der Waals surface area contributed by atoms with Crippen LogP contribution < -0.4 is 0 Å². The molecule has 0 aromatic rings. The van der Waals surface area contributed by atoms with Gasteiger partial charge in [0, 0.05) is 0 Å². The highest BCUT2D eigenvalue weighted by atomic mass is 32.1. The predicted octanol–water partition coefficient (Wildman–Crippen LogP) is 1.75. The second kappa shape index (κ2) is 2.27. The zero-order chi connectivity index (χ0) is 4.28. The van der Waals surface area contributed by atoms with Crippen LogP contribution in [0.15, 0.2) is 11.2 Å². The minimum Gasteiger partial charge on any atom is -0.212 e. The van der Waals surface area contributed by atoms with Crippen LogP contribution >= 0.6 is 12.6 Å². The van der Waals surface area contributed by atoms with Crippen LogP contribution in [0.5, 0.6) is 0 Å². The minimum absolute atomic E-state index is 0.256. The standard InChI is InChI=1S/C3H5FS/c1-3(4)2-5/h2,5H,1H3/b3-2+. The van der Waals surface area contributed by atoms with Gasteiger partial charge in [-0.3, -0.25) is 0 Å². The van der Waals surface area contributed by atoms with Crippen LogP contribution in [-0.4, -0.2) is 0 Å². The molecule has 0 heterocycles. The Kier molecular flexibility index (Phi) is 2.28. The van der Waals surface area contributed by atoms with Gasteiger partial charge in [-0.1, -0.05) is 0 Å². The van der Waals surface area contributed by atoms with E-state index in [0.717, 1.165) is 5.41 Å². The molecule has 0 unspecified atom stereocenters. The molecule has 0 atom stereocenters. The van der Waals surface area contributed by atoms with E-state index in [0.29, 0.717) is 0 Å². The van der Waals surface area contributed by atoms with Gasteiger partial charge >= 0.3 is 0 Å². The fourth-order valence-electron chi connectivity index (χ4n) is 0. The monoisotopic (exact) mass is 92.0 g/mol. The second-order valence-corrected chi connectivity index (χ2v) is 0.974. The lowest BCUT2D eigenvalue weighted by Gasteiger charge is -1.67. The zero-order valence-electron chi connectivity index (χ0n) is 2.90. The molecule has 0 aliphatic rings. The highest BCUT2D eigenvalue weighted by molar-refractivity contribution is 7.83. The van der Waals surface area contributed by atoms with Crippen molar-refractivity contribution in [2.24, 2.45) is 0 Å². The normalized spacial score (nSPS) is 12.2. The molecule has 0 N–H and O–H groups in total. The molecule has 0 saturated heterocycles. The van der Waals surface area contributed by atoms with Crippen molar-refractivity contribution in [1.29, 1.82) is 0 Å². The molecule has 0 fully saturated rings. The van der Waals surface area contributed by atoms with Crippen LogP contribution in [0.4, 0.5) is 4.39 Å². The van der Waals surface area contributed by atoms with Gasteiger partial charge in [-0.2, -0.15) is 0 Å². The largest absolute Gasteiger partial charge is 0.212 e. The van der Waals surface area contributed by atoms with Crippen LogP contribution in [0.1, 0.15) is 6.92 Å². The van der Waals surface area contributed by atoms with E-state index in [2.05, 4.69) is 12.6 Å². The van der Waals surface area contributed by atoms with Gasteiger partial charge in [-0.15, -0.1) is 12.6 Å². The van der Waals surface area contributed by atoms with Gasteiger partial charge in [-0.05, 0) is 12.3 Å². The van der Waals surface area contributed by atoms with Crippen LogP contribution in [0.3, 0.4) is 0 Å². The summed E-state index contributed by atoms with van der Waals surface area (Å²) in [6.07, 6.45) is 0. The molecule has 0 bridgehead atoms. The van der Waals surface area contributed by atoms with Crippen molar-refractivity contribution < 1.29 is 4.39 Å². The average Bonchev–Trinajstić information content (AvgIpc) is 1.38. The topological polar surface area (TPSA) is 0 Å².